The van der Waals surface area contributed by atoms with E-state index >= 15 is 0 Å². The fraction of sp³-hybridized carbons (Fsp3) is 0.500. The van der Waals surface area contributed by atoms with Crippen LogP contribution in [0.25, 0.3) is 0 Å². The van der Waals surface area contributed by atoms with Gasteiger partial charge in [-0.2, -0.15) is 0 Å². The molecule has 0 radical (unpaired) electrons. The standard InChI is InChI=1S/C10H15N/c1-5-6-8(2)9-7-10(9,3)11-4/h5-6,9H,2,4,7H2,1,3H3/b6-5-. The minimum Gasteiger partial charge on any atom is -0.294 e. The lowest BCUT2D eigenvalue weighted by atomic mass is 10.1. The normalized spacial score (nSPS) is 35.6. The number of aliphatic imine (C=N–C) groups is 1. The molecule has 2 unspecified atom stereocenters. The Hall–Kier alpha value is -0.850. The van der Waals surface area contributed by atoms with E-state index in [4.69, 9.17) is 0 Å². The van der Waals surface area contributed by atoms with Crippen LogP contribution in [0.3, 0.4) is 0 Å². The number of nitrogens with zero attached hydrogens (tertiary/aromatic N) is 1. The van der Waals surface area contributed by atoms with E-state index in [2.05, 4.69) is 31.3 Å². The van der Waals surface area contributed by atoms with Gasteiger partial charge in [0.25, 0.3) is 0 Å². The summed E-state index contributed by atoms with van der Waals surface area (Å²) in [4.78, 5) is 4.07. The van der Waals surface area contributed by atoms with E-state index in [1.165, 1.54) is 5.57 Å². The van der Waals surface area contributed by atoms with E-state index in [1.54, 1.807) is 0 Å². The largest absolute Gasteiger partial charge is 0.294 e. The molecule has 0 heterocycles. The molecule has 0 aliphatic heterocycles. The highest BCUT2D eigenvalue weighted by molar-refractivity contribution is 5.36. The summed E-state index contributed by atoms with van der Waals surface area (Å²) >= 11 is 0. The van der Waals surface area contributed by atoms with Gasteiger partial charge < -0.3 is 0 Å². The lowest BCUT2D eigenvalue weighted by Crippen LogP contribution is -2.01. The molecule has 1 fully saturated rings. The molecule has 0 N–H and O–H groups in total. The second-order valence-electron chi connectivity index (χ2n) is 3.35. The van der Waals surface area contributed by atoms with Crippen molar-refractivity contribution in [2.24, 2.45) is 10.9 Å². The summed E-state index contributed by atoms with van der Waals surface area (Å²) in [6.07, 6.45) is 5.19. The summed E-state index contributed by atoms with van der Waals surface area (Å²) in [6.45, 7) is 11.7. The molecule has 0 aromatic rings. The van der Waals surface area contributed by atoms with Gasteiger partial charge in [-0.1, -0.05) is 18.7 Å². The summed E-state index contributed by atoms with van der Waals surface area (Å²) in [5.41, 5.74) is 1.28. The first-order valence-electron chi connectivity index (χ1n) is 3.93. The van der Waals surface area contributed by atoms with Crippen LogP contribution in [-0.4, -0.2) is 12.3 Å². The highest BCUT2D eigenvalue weighted by Crippen LogP contribution is 2.50. The maximum atomic E-state index is 4.07. The maximum absolute atomic E-state index is 4.07. The summed E-state index contributed by atoms with van der Waals surface area (Å²) in [7, 11) is 0. The van der Waals surface area contributed by atoms with Crippen molar-refractivity contribution in [3.63, 3.8) is 0 Å². The lowest BCUT2D eigenvalue weighted by Gasteiger charge is -2.02. The van der Waals surface area contributed by atoms with Crippen molar-refractivity contribution in [1.29, 1.82) is 0 Å². The Kier molecular flexibility index (Phi) is 1.99. The van der Waals surface area contributed by atoms with Crippen molar-refractivity contribution in [1.82, 2.24) is 0 Å². The molecule has 1 aliphatic rings. The number of allylic oxidation sites excluding steroid dienone is 2. The molecule has 60 valence electrons. The Morgan fingerprint density at radius 3 is 2.73 bits per heavy atom. The van der Waals surface area contributed by atoms with Gasteiger partial charge in [-0.25, -0.2) is 0 Å². The highest BCUT2D eigenvalue weighted by atomic mass is 14.9. The maximum Gasteiger partial charge on any atom is 0.0648 e. The fourth-order valence-corrected chi connectivity index (χ4v) is 1.39. The van der Waals surface area contributed by atoms with Gasteiger partial charge in [0, 0.05) is 5.92 Å². The van der Waals surface area contributed by atoms with Crippen LogP contribution >= 0.6 is 0 Å². The minimum atomic E-state index is 0.0938. The molecule has 1 aliphatic carbocycles. The SMILES string of the molecule is C=NC1(C)CC1C(=C)/C=C\C. The Morgan fingerprint density at radius 2 is 2.36 bits per heavy atom. The van der Waals surface area contributed by atoms with Crippen molar-refractivity contribution in [3.8, 4) is 0 Å². The molecule has 1 saturated carbocycles. The predicted octanol–water partition coefficient (Wildman–Crippen LogP) is 2.60. The highest BCUT2D eigenvalue weighted by Gasteiger charge is 2.50. The monoisotopic (exact) mass is 149 g/mol. The number of hydrogen-bond acceptors (Lipinski definition) is 1. The van der Waals surface area contributed by atoms with Crippen LogP contribution in [0.15, 0.2) is 29.3 Å². The molecule has 1 heteroatoms. The van der Waals surface area contributed by atoms with E-state index in [9.17, 15) is 0 Å². The van der Waals surface area contributed by atoms with Crippen molar-refractivity contribution in [2.75, 3.05) is 0 Å². The van der Waals surface area contributed by atoms with Gasteiger partial charge in [0.05, 0.1) is 5.54 Å². The zero-order valence-electron chi connectivity index (χ0n) is 7.30. The Labute approximate surface area is 68.5 Å². The summed E-state index contributed by atoms with van der Waals surface area (Å²) in [6, 6.07) is 0. The van der Waals surface area contributed by atoms with E-state index in [0.717, 1.165) is 6.42 Å². The van der Waals surface area contributed by atoms with Gasteiger partial charge >= 0.3 is 0 Å². The van der Waals surface area contributed by atoms with Crippen LogP contribution in [0.5, 0.6) is 0 Å². The molecule has 0 amide bonds. The molecule has 0 aromatic heterocycles. The molecular formula is C10H15N. The zero-order valence-corrected chi connectivity index (χ0v) is 7.30. The zero-order chi connectivity index (χ0) is 8.48. The Bertz CT molecular complexity index is 215. The van der Waals surface area contributed by atoms with E-state index in [1.807, 2.05) is 13.0 Å². The molecular weight excluding hydrogens is 134 g/mol. The molecule has 0 saturated heterocycles. The molecule has 11 heavy (non-hydrogen) atoms. The number of hydrogen-bond donors (Lipinski definition) is 0. The molecule has 1 rings (SSSR count). The lowest BCUT2D eigenvalue weighted by molar-refractivity contribution is 0.715. The van der Waals surface area contributed by atoms with Crippen LogP contribution < -0.4 is 0 Å². The molecule has 1 nitrogen and oxygen atoms in total. The van der Waals surface area contributed by atoms with E-state index < -0.39 is 0 Å². The third kappa shape index (κ3) is 1.42. The van der Waals surface area contributed by atoms with E-state index in [-0.39, 0.29) is 5.54 Å². The predicted molar refractivity (Wildman–Crippen MR) is 50.0 cm³/mol. The molecule has 0 aromatic carbocycles. The van der Waals surface area contributed by atoms with Crippen molar-refractivity contribution >= 4 is 6.72 Å². The van der Waals surface area contributed by atoms with Crippen molar-refractivity contribution in [2.45, 2.75) is 25.8 Å². The van der Waals surface area contributed by atoms with Gasteiger partial charge in [-0.3, -0.25) is 4.99 Å². The van der Waals surface area contributed by atoms with Crippen LogP contribution in [-0.2, 0) is 0 Å². The van der Waals surface area contributed by atoms with Crippen LogP contribution in [0.4, 0.5) is 0 Å². The number of rotatable bonds is 3. The third-order valence-corrected chi connectivity index (χ3v) is 2.40. The molecule has 2 atom stereocenters. The van der Waals surface area contributed by atoms with Gasteiger partial charge in [0.1, 0.15) is 0 Å². The topological polar surface area (TPSA) is 12.4 Å². The van der Waals surface area contributed by atoms with Crippen LogP contribution in [0.2, 0.25) is 0 Å². The summed E-state index contributed by atoms with van der Waals surface area (Å²) in [5.74, 6) is 0.538. The quantitative estimate of drug-likeness (QED) is 0.432. The summed E-state index contributed by atoms with van der Waals surface area (Å²) in [5, 5.41) is 0. The molecule has 0 spiro atoms. The smallest absolute Gasteiger partial charge is 0.0648 e. The third-order valence-electron chi connectivity index (χ3n) is 2.40. The Balaban J connectivity index is 2.56. The first kappa shape index (κ1) is 8.25. The average Bonchev–Trinajstić information content (AvgIpc) is 2.65. The van der Waals surface area contributed by atoms with Gasteiger partial charge in [-0.15, -0.1) is 0 Å². The second kappa shape index (κ2) is 2.65. The van der Waals surface area contributed by atoms with Gasteiger partial charge in [0.2, 0.25) is 0 Å². The fourth-order valence-electron chi connectivity index (χ4n) is 1.39. The second-order valence-corrected chi connectivity index (χ2v) is 3.35. The van der Waals surface area contributed by atoms with Crippen molar-refractivity contribution in [3.05, 3.63) is 24.3 Å². The Morgan fingerprint density at radius 1 is 1.73 bits per heavy atom. The minimum absolute atomic E-state index is 0.0938. The van der Waals surface area contributed by atoms with Crippen LogP contribution in [0.1, 0.15) is 20.3 Å². The van der Waals surface area contributed by atoms with E-state index in [0.29, 0.717) is 5.92 Å². The van der Waals surface area contributed by atoms with Crippen molar-refractivity contribution < 1.29 is 0 Å². The molecule has 0 bridgehead atoms. The average molecular weight is 149 g/mol. The van der Waals surface area contributed by atoms with Gasteiger partial charge in [-0.05, 0) is 32.6 Å². The first-order chi connectivity index (χ1) is 5.14. The van der Waals surface area contributed by atoms with Crippen LogP contribution in [0, 0.1) is 5.92 Å². The van der Waals surface area contributed by atoms with Gasteiger partial charge in [0.15, 0.2) is 0 Å². The summed E-state index contributed by atoms with van der Waals surface area (Å²) < 4.78 is 0. The first-order valence-corrected chi connectivity index (χ1v) is 3.93.